The molecule has 3 atom stereocenters. The molecule has 38 heavy (non-hydrogen) atoms. The van der Waals surface area contributed by atoms with Gasteiger partial charge in [-0.2, -0.15) is 0 Å². The predicted molar refractivity (Wildman–Crippen MR) is 136 cm³/mol. The minimum Gasteiger partial charge on any atom is -0.349 e. The van der Waals surface area contributed by atoms with Gasteiger partial charge in [-0.25, -0.2) is 13.2 Å². The molecule has 6 nitrogen and oxygen atoms in total. The maximum Gasteiger partial charge on any atom is 0.247 e. The van der Waals surface area contributed by atoms with Gasteiger partial charge in [0.2, 0.25) is 17.7 Å². The Hall–Kier alpha value is -3.36. The first kappa shape index (κ1) is 27.7. The SMILES string of the molecule is CC(C)CC1C(=O)NC(C2Cc3ccccc3C2)C(=O)N1C(C(=O)NC(C)(C)C)c1cc(F)c(F)cc1F. The van der Waals surface area contributed by atoms with E-state index in [4.69, 9.17) is 0 Å². The van der Waals surface area contributed by atoms with Crippen LogP contribution in [-0.2, 0) is 27.2 Å². The van der Waals surface area contributed by atoms with Crippen molar-refractivity contribution in [3.8, 4) is 0 Å². The molecule has 2 aliphatic rings. The predicted octanol–water partition coefficient (Wildman–Crippen LogP) is 4.22. The van der Waals surface area contributed by atoms with Crippen LogP contribution < -0.4 is 10.6 Å². The van der Waals surface area contributed by atoms with Gasteiger partial charge in [-0.05, 0) is 69.1 Å². The molecule has 0 bridgehead atoms. The molecular formula is C29H34F3N3O3. The Morgan fingerprint density at radius 1 is 1.03 bits per heavy atom. The van der Waals surface area contributed by atoms with Gasteiger partial charge >= 0.3 is 0 Å². The van der Waals surface area contributed by atoms with E-state index in [0.29, 0.717) is 25.0 Å². The molecule has 9 heteroatoms. The third kappa shape index (κ3) is 5.56. The molecule has 4 rings (SSSR count). The van der Waals surface area contributed by atoms with Crippen LogP contribution in [0.1, 0.15) is 63.8 Å². The van der Waals surface area contributed by atoms with Crippen molar-refractivity contribution >= 4 is 17.7 Å². The molecule has 1 heterocycles. The third-order valence-electron chi connectivity index (χ3n) is 7.06. The van der Waals surface area contributed by atoms with E-state index < -0.39 is 64.4 Å². The number of carbonyl (C=O) groups is 3. The number of amides is 3. The first-order valence-corrected chi connectivity index (χ1v) is 12.9. The number of hydrogen-bond acceptors (Lipinski definition) is 3. The lowest BCUT2D eigenvalue weighted by Crippen LogP contribution is -2.67. The van der Waals surface area contributed by atoms with Gasteiger partial charge in [0.25, 0.3) is 0 Å². The lowest BCUT2D eigenvalue weighted by atomic mass is 9.87. The van der Waals surface area contributed by atoms with Crippen LogP contribution in [0.3, 0.4) is 0 Å². The summed E-state index contributed by atoms with van der Waals surface area (Å²) in [7, 11) is 0. The Bertz CT molecular complexity index is 1230. The Balaban J connectivity index is 1.82. The van der Waals surface area contributed by atoms with Gasteiger partial charge in [-0.15, -0.1) is 0 Å². The van der Waals surface area contributed by atoms with E-state index in [9.17, 15) is 23.2 Å². The van der Waals surface area contributed by atoms with Crippen LogP contribution in [0.4, 0.5) is 13.2 Å². The summed E-state index contributed by atoms with van der Waals surface area (Å²) in [6.45, 7) is 8.84. The molecule has 1 aliphatic carbocycles. The van der Waals surface area contributed by atoms with E-state index in [1.807, 2.05) is 38.1 Å². The molecule has 2 aromatic carbocycles. The molecule has 0 spiro atoms. The number of fused-ring (bicyclic) bond motifs is 1. The van der Waals surface area contributed by atoms with Crippen LogP contribution in [0, 0.1) is 29.3 Å². The Kier molecular flexibility index (Phi) is 7.59. The van der Waals surface area contributed by atoms with Crippen LogP contribution in [0.5, 0.6) is 0 Å². The minimum atomic E-state index is -1.68. The van der Waals surface area contributed by atoms with Crippen molar-refractivity contribution in [2.24, 2.45) is 11.8 Å². The van der Waals surface area contributed by atoms with Crippen molar-refractivity contribution in [1.82, 2.24) is 15.5 Å². The number of rotatable bonds is 6. The summed E-state index contributed by atoms with van der Waals surface area (Å²) in [5.41, 5.74) is 0.856. The average molecular weight is 530 g/mol. The second kappa shape index (κ2) is 10.4. The van der Waals surface area contributed by atoms with Crippen molar-refractivity contribution < 1.29 is 27.6 Å². The maximum atomic E-state index is 15.2. The minimum absolute atomic E-state index is 0.0607. The van der Waals surface area contributed by atoms with Crippen molar-refractivity contribution in [3.63, 3.8) is 0 Å². The molecule has 3 unspecified atom stereocenters. The second-order valence-corrected chi connectivity index (χ2v) is 11.7. The molecule has 0 radical (unpaired) electrons. The third-order valence-corrected chi connectivity index (χ3v) is 7.06. The smallest absolute Gasteiger partial charge is 0.247 e. The number of piperazine rings is 1. The first-order valence-electron chi connectivity index (χ1n) is 12.9. The van der Waals surface area contributed by atoms with E-state index in [1.54, 1.807) is 20.8 Å². The van der Waals surface area contributed by atoms with E-state index in [2.05, 4.69) is 10.6 Å². The molecule has 1 saturated heterocycles. The fraction of sp³-hybridized carbons (Fsp3) is 0.483. The molecular weight excluding hydrogens is 495 g/mol. The summed E-state index contributed by atoms with van der Waals surface area (Å²) in [4.78, 5) is 42.5. The van der Waals surface area contributed by atoms with Crippen LogP contribution in [0.15, 0.2) is 36.4 Å². The number of benzene rings is 2. The van der Waals surface area contributed by atoms with Gasteiger partial charge in [-0.1, -0.05) is 38.1 Å². The number of nitrogens with one attached hydrogen (secondary N) is 2. The molecule has 0 saturated carbocycles. The highest BCUT2D eigenvalue weighted by atomic mass is 19.2. The van der Waals surface area contributed by atoms with Gasteiger partial charge < -0.3 is 15.5 Å². The summed E-state index contributed by atoms with van der Waals surface area (Å²) < 4.78 is 43.4. The normalized spacial score (nSPS) is 20.9. The van der Waals surface area contributed by atoms with Gasteiger partial charge in [0.1, 0.15) is 23.9 Å². The van der Waals surface area contributed by atoms with E-state index in [0.717, 1.165) is 16.0 Å². The summed E-state index contributed by atoms with van der Waals surface area (Å²) in [5.74, 6) is -6.07. The highest BCUT2D eigenvalue weighted by molar-refractivity contribution is 6.00. The Labute approximate surface area is 221 Å². The van der Waals surface area contributed by atoms with Gasteiger partial charge in [0.05, 0.1) is 0 Å². The quantitative estimate of drug-likeness (QED) is 0.551. The number of hydrogen-bond donors (Lipinski definition) is 2. The van der Waals surface area contributed by atoms with Crippen molar-refractivity contribution in [2.45, 2.75) is 77.5 Å². The van der Waals surface area contributed by atoms with E-state index >= 15 is 4.39 Å². The molecule has 3 amide bonds. The maximum absolute atomic E-state index is 15.2. The molecule has 0 aromatic heterocycles. The summed E-state index contributed by atoms with van der Waals surface area (Å²) in [6, 6.07) is 4.97. The van der Waals surface area contributed by atoms with E-state index in [-0.39, 0.29) is 18.3 Å². The zero-order valence-electron chi connectivity index (χ0n) is 22.3. The zero-order valence-corrected chi connectivity index (χ0v) is 22.3. The number of nitrogens with zero attached hydrogens (tertiary/aromatic N) is 1. The molecule has 2 aromatic rings. The van der Waals surface area contributed by atoms with Gasteiger partial charge in [0.15, 0.2) is 11.6 Å². The highest BCUT2D eigenvalue weighted by Crippen LogP contribution is 2.36. The first-order chi connectivity index (χ1) is 17.8. The van der Waals surface area contributed by atoms with Crippen LogP contribution >= 0.6 is 0 Å². The Morgan fingerprint density at radius 2 is 1.61 bits per heavy atom. The topological polar surface area (TPSA) is 78.5 Å². The van der Waals surface area contributed by atoms with Crippen LogP contribution in [-0.4, -0.2) is 40.2 Å². The Morgan fingerprint density at radius 3 is 2.16 bits per heavy atom. The lowest BCUT2D eigenvalue weighted by Gasteiger charge is -2.45. The fourth-order valence-electron chi connectivity index (χ4n) is 5.48. The van der Waals surface area contributed by atoms with E-state index in [1.165, 1.54) is 0 Å². The highest BCUT2D eigenvalue weighted by Gasteiger charge is 2.50. The molecule has 204 valence electrons. The molecule has 2 N–H and O–H groups in total. The van der Waals surface area contributed by atoms with Crippen LogP contribution in [0.2, 0.25) is 0 Å². The van der Waals surface area contributed by atoms with Crippen molar-refractivity contribution in [1.29, 1.82) is 0 Å². The summed E-state index contributed by atoms with van der Waals surface area (Å²) in [5, 5.41) is 5.60. The second-order valence-electron chi connectivity index (χ2n) is 11.7. The largest absolute Gasteiger partial charge is 0.349 e. The van der Waals surface area contributed by atoms with Crippen LogP contribution in [0.25, 0.3) is 0 Å². The number of carbonyl (C=O) groups excluding carboxylic acids is 3. The standard InChI is InChI=1S/C29H34F3N3O3/c1-15(2)10-23-26(36)33-24(18-11-16-8-6-7-9-17(16)12-18)28(38)35(23)25(27(37)34-29(3,4)5)19-13-21(31)22(32)14-20(19)30/h6-9,13-15,18,23-25H,10-12H2,1-5H3,(H,33,36)(H,34,37). The molecule has 1 aliphatic heterocycles. The lowest BCUT2D eigenvalue weighted by molar-refractivity contribution is -0.158. The zero-order chi connectivity index (χ0) is 27.9. The summed E-state index contributed by atoms with van der Waals surface area (Å²) >= 11 is 0. The number of halogens is 3. The fourth-order valence-corrected chi connectivity index (χ4v) is 5.48. The van der Waals surface area contributed by atoms with Crippen molar-refractivity contribution in [3.05, 3.63) is 70.5 Å². The molecule has 1 fully saturated rings. The monoisotopic (exact) mass is 529 g/mol. The average Bonchev–Trinajstić information content (AvgIpc) is 3.24. The van der Waals surface area contributed by atoms with Gasteiger partial charge in [0, 0.05) is 17.2 Å². The summed E-state index contributed by atoms with van der Waals surface area (Å²) in [6.07, 6.45) is 1.29. The van der Waals surface area contributed by atoms with Gasteiger partial charge in [-0.3, -0.25) is 14.4 Å². The van der Waals surface area contributed by atoms with Crippen molar-refractivity contribution in [2.75, 3.05) is 0 Å².